The highest BCUT2D eigenvalue weighted by atomic mass is 16.6. The average molecular weight is 198 g/mol. The van der Waals surface area contributed by atoms with Gasteiger partial charge in [-0.1, -0.05) is 30.4 Å². The van der Waals surface area contributed by atoms with Crippen molar-refractivity contribution in [1.29, 1.82) is 0 Å². The van der Waals surface area contributed by atoms with Gasteiger partial charge in [-0.15, -0.1) is 0 Å². The van der Waals surface area contributed by atoms with E-state index in [9.17, 15) is 0 Å². The normalized spacial score (nSPS) is 34.4. The Morgan fingerprint density at radius 3 is 3.00 bits per heavy atom. The third kappa shape index (κ3) is 0.922. The van der Waals surface area contributed by atoms with Crippen LogP contribution in [-0.2, 0) is 4.74 Å². The molecule has 1 fully saturated rings. The summed E-state index contributed by atoms with van der Waals surface area (Å²) in [5.74, 6) is 0.968. The van der Waals surface area contributed by atoms with Crippen LogP contribution in [0.5, 0.6) is 5.75 Å². The van der Waals surface area contributed by atoms with Crippen molar-refractivity contribution in [2.24, 2.45) is 0 Å². The van der Waals surface area contributed by atoms with E-state index in [1.165, 1.54) is 5.57 Å². The number of hydrogen-bond donors (Lipinski definition) is 0. The van der Waals surface area contributed by atoms with Gasteiger partial charge in [-0.25, -0.2) is 0 Å². The van der Waals surface area contributed by atoms with Crippen molar-refractivity contribution >= 4 is 6.08 Å². The summed E-state index contributed by atoms with van der Waals surface area (Å²) in [5.41, 5.74) is 2.43. The number of rotatable bonds is 0. The first-order valence-electron chi connectivity index (χ1n) is 5.23. The summed E-state index contributed by atoms with van der Waals surface area (Å²) >= 11 is 0. The fourth-order valence-corrected chi connectivity index (χ4v) is 2.51. The highest BCUT2D eigenvalue weighted by molar-refractivity contribution is 5.66. The number of benzene rings is 1. The molecule has 3 aliphatic rings. The lowest BCUT2D eigenvalue weighted by Gasteiger charge is -2.25. The van der Waals surface area contributed by atoms with Crippen LogP contribution in [0.25, 0.3) is 6.08 Å². The van der Waals surface area contributed by atoms with Gasteiger partial charge in [0.05, 0.1) is 0 Å². The topological polar surface area (TPSA) is 18.5 Å². The van der Waals surface area contributed by atoms with Crippen LogP contribution in [0.2, 0.25) is 0 Å². The fourth-order valence-electron chi connectivity index (χ4n) is 2.51. The first-order valence-corrected chi connectivity index (χ1v) is 5.23. The average Bonchev–Trinajstić information content (AvgIpc) is 2.87. The van der Waals surface area contributed by atoms with Gasteiger partial charge in [0, 0.05) is 11.1 Å². The minimum absolute atomic E-state index is 0.106. The van der Waals surface area contributed by atoms with Crippen LogP contribution in [0.15, 0.2) is 42.0 Å². The molecule has 2 bridgehead atoms. The first-order chi connectivity index (χ1) is 7.42. The molecule has 2 heteroatoms. The molecule has 1 aromatic rings. The Morgan fingerprint density at radius 2 is 2.00 bits per heavy atom. The molecule has 1 aromatic carbocycles. The molecule has 15 heavy (non-hydrogen) atoms. The lowest BCUT2D eigenvalue weighted by Crippen LogP contribution is -2.30. The summed E-state index contributed by atoms with van der Waals surface area (Å²) in [6, 6.07) is 8.12. The van der Waals surface area contributed by atoms with Crippen LogP contribution < -0.4 is 4.74 Å². The Labute approximate surface area is 87.8 Å². The molecule has 0 spiro atoms. The second kappa shape index (κ2) is 2.52. The third-order valence-corrected chi connectivity index (χ3v) is 3.23. The highest BCUT2D eigenvalue weighted by Gasteiger charge is 2.44. The van der Waals surface area contributed by atoms with Gasteiger partial charge in [-0.3, -0.25) is 0 Å². The third-order valence-electron chi connectivity index (χ3n) is 3.23. The molecule has 1 saturated heterocycles. The van der Waals surface area contributed by atoms with Crippen LogP contribution in [0.4, 0.5) is 0 Å². The van der Waals surface area contributed by atoms with Crippen molar-refractivity contribution in [3.8, 4) is 5.75 Å². The molecule has 4 rings (SSSR count). The Morgan fingerprint density at radius 1 is 1.07 bits per heavy atom. The van der Waals surface area contributed by atoms with Gasteiger partial charge >= 0.3 is 0 Å². The van der Waals surface area contributed by atoms with Gasteiger partial charge < -0.3 is 9.47 Å². The summed E-state index contributed by atoms with van der Waals surface area (Å²) in [5, 5.41) is 0. The van der Waals surface area contributed by atoms with Crippen molar-refractivity contribution in [3.63, 3.8) is 0 Å². The van der Waals surface area contributed by atoms with Crippen molar-refractivity contribution in [2.75, 3.05) is 0 Å². The second-order valence-corrected chi connectivity index (χ2v) is 4.13. The van der Waals surface area contributed by atoms with Gasteiger partial charge in [0.2, 0.25) is 0 Å². The molecule has 0 unspecified atom stereocenters. The quantitative estimate of drug-likeness (QED) is 0.595. The van der Waals surface area contributed by atoms with Gasteiger partial charge in [-0.05, 0) is 12.1 Å². The maximum atomic E-state index is 5.95. The number of para-hydroxylation sites is 1. The minimum Gasteiger partial charge on any atom is -0.482 e. The van der Waals surface area contributed by atoms with E-state index in [0.717, 1.165) is 11.3 Å². The van der Waals surface area contributed by atoms with Crippen LogP contribution in [0.1, 0.15) is 5.56 Å². The van der Waals surface area contributed by atoms with E-state index in [-0.39, 0.29) is 18.3 Å². The molecule has 0 saturated carbocycles. The Kier molecular flexibility index (Phi) is 1.30. The predicted octanol–water partition coefficient (Wildman–Crippen LogP) is 2.17. The van der Waals surface area contributed by atoms with Crippen molar-refractivity contribution < 1.29 is 9.47 Å². The summed E-state index contributed by atoms with van der Waals surface area (Å²) in [4.78, 5) is 0. The van der Waals surface area contributed by atoms with Crippen molar-refractivity contribution in [2.45, 2.75) is 18.3 Å². The second-order valence-electron chi connectivity index (χ2n) is 4.13. The van der Waals surface area contributed by atoms with E-state index >= 15 is 0 Å². The zero-order valence-electron chi connectivity index (χ0n) is 8.09. The molecule has 0 amide bonds. The molecule has 0 radical (unpaired) electrons. The van der Waals surface area contributed by atoms with E-state index in [4.69, 9.17) is 9.47 Å². The van der Waals surface area contributed by atoms with Gasteiger partial charge in [0.1, 0.15) is 18.0 Å². The molecule has 0 N–H and O–H groups in total. The van der Waals surface area contributed by atoms with Crippen LogP contribution in [0.3, 0.4) is 0 Å². The number of ether oxygens (including phenoxy) is 2. The maximum absolute atomic E-state index is 5.95. The highest BCUT2D eigenvalue weighted by Crippen LogP contribution is 2.41. The molecular formula is C13H10O2. The van der Waals surface area contributed by atoms with Gasteiger partial charge in [-0.2, -0.15) is 0 Å². The lowest BCUT2D eigenvalue weighted by molar-refractivity contribution is 0.0799. The Balaban J connectivity index is 1.89. The van der Waals surface area contributed by atoms with Crippen LogP contribution in [-0.4, -0.2) is 18.3 Å². The Bertz CT molecular complexity index is 487. The number of hydrogen-bond acceptors (Lipinski definition) is 2. The molecule has 74 valence electrons. The van der Waals surface area contributed by atoms with Crippen LogP contribution in [0, 0.1) is 0 Å². The molecule has 3 aliphatic heterocycles. The van der Waals surface area contributed by atoms with E-state index < -0.39 is 0 Å². The SMILES string of the molecule is C1=C[C@H]2O[C@@H]1C1=Cc3ccccc3O[C@@H]12. The molecule has 2 nitrogen and oxygen atoms in total. The summed E-state index contributed by atoms with van der Waals surface area (Å²) in [6.07, 6.45) is 6.79. The molecule has 3 atom stereocenters. The maximum Gasteiger partial charge on any atom is 0.153 e. The first kappa shape index (κ1) is 7.71. The minimum atomic E-state index is 0.106. The molecule has 0 aromatic heterocycles. The van der Waals surface area contributed by atoms with Crippen molar-refractivity contribution in [3.05, 3.63) is 47.6 Å². The zero-order valence-corrected chi connectivity index (χ0v) is 8.09. The standard InChI is InChI=1S/C13H10O2/c1-2-4-10-8(3-1)7-9-11-5-6-12(14-11)13(9)15-10/h1-7,11-13H/t11-,12+,13-/m0/s1. The van der Waals surface area contributed by atoms with E-state index in [1.54, 1.807) is 0 Å². The lowest BCUT2D eigenvalue weighted by atomic mass is 9.93. The smallest absolute Gasteiger partial charge is 0.153 e. The Hall–Kier alpha value is -1.54. The van der Waals surface area contributed by atoms with Gasteiger partial charge in [0.15, 0.2) is 6.10 Å². The van der Waals surface area contributed by atoms with Crippen molar-refractivity contribution in [1.82, 2.24) is 0 Å². The number of fused-ring (bicyclic) bond motifs is 6. The summed E-state index contributed by atoms with van der Waals surface area (Å²) in [6.45, 7) is 0. The van der Waals surface area contributed by atoms with Gasteiger partial charge in [0.25, 0.3) is 0 Å². The molecule has 0 aliphatic carbocycles. The monoisotopic (exact) mass is 198 g/mol. The molecular weight excluding hydrogens is 188 g/mol. The predicted molar refractivity (Wildman–Crippen MR) is 56.6 cm³/mol. The largest absolute Gasteiger partial charge is 0.482 e. The molecule has 3 heterocycles. The fraction of sp³-hybridized carbons (Fsp3) is 0.231. The van der Waals surface area contributed by atoms with E-state index in [2.05, 4.69) is 24.3 Å². The van der Waals surface area contributed by atoms with E-state index in [1.807, 2.05) is 18.2 Å². The summed E-state index contributed by atoms with van der Waals surface area (Å²) in [7, 11) is 0. The summed E-state index contributed by atoms with van der Waals surface area (Å²) < 4.78 is 11.7. The van der Waals surface area contributed by atoms with Crippen LogP contribution >= 0.6 is 0 Å². The van der Waals surface area contributed by atoms with E-state index in [0.29, 0.717) is 0 Å². The zero-order chi connectivity index (χ0) is 9.83.